The highest BCUT2D eigenvalue weighted by Gasteiger charge is 2.21. The summed E-state index contributed by atoms with van der Waals surface area (Å²) in [6, 6.07) is 11.9. The summed E-state index contributed by atoms with van der Waals surface area (Å²) >= 11 is 4.98. The van der Waals surface area contributed by atoms with E-state index in [0.29, 0.717) is 11.7 Å². The van der Waals surface area contributed by atoms with Crippen LogP contribution in [0.1, 0.15) is 5.56 Å². The molecule has 0 bridgehead atoms. The van der Waals surface area contributed by atoms with Gasteiger partial charge in [0.25, 0.3) is 0 Å². The molecule has 4 heteroatoms. The number of aliphatic imine (C=N–C) groups is 1. The summed E-state index contributed by atoms with van der Waals surface area (Å²) in [4.78, 5) is 4.22. The molecule has 0 amide bonds. The maximum Gasteiger partial charge on any atom is 0.193 e. The highest BCUT2D eigenvalue weighted by atomic mass is 32.1. The van der Waals surface area contributed by atoms with E-state index in [0.717, 1.165) is 11.3 Å². The quantitative estimate of drug-likeness (QED) is 0.722. The molecule has 74 valence electrons. The average molecular weight is 215 g/mol. The van der Waals surface area contributed by atoms with Crippen LogP contribution >= 0.6 is 12.2 Å². The fourth-order valence-corrected chi connectivity index (χ4v) is 1.68. The predicted octanol–water partition coefficient (Wildman–Crippen LogP) is 1.50. The molecule has 1 aromatic carbocycles. The van der Waals surface area contributed by atoms with Crippen LogP contribution in [0.15, 0.2) is 35.3 Å². The van der Waals surface area contributed by atoms with E-state index in [2.05, 4.69) is 16.4 Å². The molecule has 0 aliphatic carbocycles. The topological polar surface area (TPSA) is 48.2 Å². The normalized spacial score (nSPS) is 20.1. The van der Waals surface area contributed by atoms with Crippen molar-refractivity contribution < 1.29 is 0 Å². The zero-order valence-corrected chi connectivity index (χ0v) is 8.79. The second-order valence-electron chi connectivity index (χ2n) is 3.23. The number of rotatable bonds is 1. The molecule has 15 heavy (non-hydrogen) atoms. The van der Waals surface area contributed by atoms with Crippen molar-refractivity contribution in [3.63, 3.8) is 0 Å². The Hall–Kier alpha value is -1.73. The van der Waals surface area contributed by atoms with E-state index in [-0.39, 0.29) is 5.92 Å². The fourth-order valence-electron chi connectivity index (χ4n) is 1.49. The van der Waals surface area contributed by atoms with Crippen molar-refractivity contribution in [1.29, 1.82) is 5.26 Å². The van der Waals surface area contributed by atoms with E-state index < -0.39 is 0 Å². The van der Waals surface area contributed by atoms with Gasteiger partial charge in [-0.25, -0.2) is 4.99 Å². The van der Waals surface area contributed by atoms with Crippen molar-refractivity contribution >= 4 is 23.0 Å². The molecule has 0 fully saturated rings. The van der Waals surface area contributed by atoms with E-state index in [9.17, 15) is 0 Å². The minimum atomic E-state index is -0.223. The van der Waals surface area contributed by atoms with Crippen LogP contribution in [0.5, 0.6) is 0 Å². The van der Waals surface area contributed by atoms with Crippen molar-refractivity contribution in [2.24, 2.45) is 10.9 Å². The SMILES string of the molecule is N#C[C@@H]1CNC(=S)N=C1c1ccccc1. The zero-order valence-electron chi connectivity index (χ0n) is 7.97. The molecule has 0 saturated carbocycles. The Morgan fingerprint density at radius 2 is 2.13 bits per heavy atom. The number of nitrogens with one attached hydrogen (secondary N) is 1. The van der Waals surface area contributed by atoms with Gasteiger partial charge in [0.2, 0.25) is 0 Å². The van der Waals surface area contributed by atoms with E-state index in [1.54, 1.807) is 0 Å². The molecule has 1 heterocycles. The summed E-state index contributed by atoms with van der Waals surface area (Å²) in [5.74, 6) is -0.223. The van der Waals surface area contributed by atoms with Gasteiger partial charge in [-0.1, -0.05) is 30.3 Å². The molecule has 1 aliphatic heterocycles. The highest BCUT2D eigenvalue weighted by molar-refractivity contribution is 7.80. The third kappa shape index (κ3) is 2.03. The van der Waals surface area contributed by atoms with Crippen LogP contribution in [-0.2, 0) is 0 Å². The van der Waals surface area contributed by atoms with Gasteiger partial charge in [0.05, 0.1) is 11.8 Å². The summed E-state index contributed by atoms with van der Waals surface area (Å²) < 4.78 is 0. The lowest BCUT2D eigenvalue weighted by Crippen LogP contribution is -2.37. The van der Waals surface area contributed by atoms with E-state index >= 15 is 0 Å². The Labute approximate surface area is 93.4 Å². The van der Waals surface area contributed by atoms with Crippen molar-refractivity contribution in [2.45, 2.75) is 0 Å². The minimum Gasteiger partial charge on any atom is -0.359 e. The number of hydrogen-bond donors (Lipinski definition) is 1. The maximum atomic E-state index is 8.99. The Kier molecular flexibility index (Phi) is 2.75. The van der Waals surface area contributed by atoms with E-state index in [4.69, 9.17) is 17.5 Å². The lowest BCUT2D eigenvalue weighted by molar-refractivity contribution is 0.781. The summed E-state index contributed by atoms with van der Waals surface area (Å²) in [5, 5.41) is 12.4. The second kappa shape index (κ2) is 4.20. The van der Waals surface area contributed by atoms with Gasteiger partial charge in [0.1, 0.15) is 5.92 Å². The first-order chi connectivity index (χ1) is 7.31. The molecule has 0 radical (unpaired) electrons. The van der Waals surface area contributed by atoms with Gasteiger partial charge >= 0.3 is 0 Å². The summed E-state index contributed by atoms with van der Waals surface area (Å²) in [6.07, 6.45) is 0. The molecule has 2 rings (SSSR count). The molecular formula is C11H9N3S. The number of hydrogen-bond acceptors (Lipinski definition) is 2. The summed E-state index contributed by atoms with van der Waals surface area (Å²) in [5.41, 5.74) is 1.73. The predicted molar refractivity (Wildman–Crippen MR) is 62.7 cm³/mol. The van der Waals surface area contributed by atoms with Gasteiger partial charge < -0.3 is 5.32 Å². The summed E-state index contributed by atoms with van der Waals surface area (Å²) in [7, 11) is 0. The molecule has 3 nitrogen and oxygen atoms in total. The number of benzene rings is 1. The van der Waals surface area contributed by atoms with Gasteiger partial charge in [-0.15, -0.1) is 0 Å². The van der Waals surface area contributed by atoms with Gasteiger partial charge in [-0.2, -0.15) is 5.26 Å². The monoisotopic (exact) mass is 215 g/mol. The fraction of sp³-hybridized carbons (Fsp3) is 0.182. The minimum absolute atomic E-state index is 0.223. The first kappa shape index (κ1) is 9.81. The van der Waals surface area contributed by atoms with Crippen LogP contribution in [0, 0.1) is 17.2 Å². The maximum absolute atomic E-state index is 8.99. The molecule has 0 aromatic heterocycles. The Balaban J connectivity index is 2.42. The van der Waals surface area contributed by atoms with Crippen LogP contribution in [0.4, 0.5) is 0 Å². The van der Waals surface area contributed by atoms with Crippen LogP contribution in [0.3, 0.4) is 0 Å². The van der Waals surface area contributed by atoms with Crippen molar-refractivity contribution in [3.05, 3.63) is 35.9 Å². The lowest BCUT2D eigenvalue weighted by Gasteiger charge is -2.19. The number of nitriles is 1. The van der Waals surface area contributed by atoms with Gasteiger partial charge in [-0.3, -0.25) is 0 Å². The second-order valence-corrected chi connectivity index (χ2v) is 3.62. The number of nitrogens with zero attached hydrogens (tertiary/aromatic N) is 2. The standard InChI is InChI=1S/C11H9N3S/c12-6-9-7-13-11(15)14-10(9)8-4-2-1-3-5-8/h1-5,9H,7H2,(H,13,15)/t9-/m1/s1. The Bertz CT molecular complexity index is 445. The third-order valence-electron chi connectivity index (χ3n) is 2.23. The smallest absolute Gasteiger partial charge is 0.193 e. The zero-order chi connectivity index (χ0) is 10.7. The Morgan fingerprint density at radius 1 is 1.40 bits per heavy atom. The molecule has 1 N–H and O–H groups in total. The third-order valence-corrected chi connectivity index (χ3v) is 2.47. The van der Waals surface area contributed by atoms with Gasteiger partial charge in [0.15, 0.2) is 5.11 Å². The average Bonchev–Trinajstić information content (AvgIpc) is 2.30. The van der Waals surface area contributed by atoms with Crippen LogP contribution in [0.2, 0.25) is 0 Å². The van der Waals surface area contributed by atoms with Gasteiger partial charge in [-0.05, 0) is 17.8 Å². The van der Waals surface area contributed by atoms with E-state index in [1.165, 1.54) is 0 Å². The molecular weight excluding hydrogens is 206 g/mol. The summed E-state index contributed by atoms with van der Waals surface area (Å²) in [6.45, 7) is 0.545. The molecule has 0 unspecified atom stereocenters. The van der Waals surface area contributed by atoms with Crippen LogP contribution in [0.25, 0.3) is 0 Å². The van der Waals surface area contributed by atoms with Crippen LogP contribution in [-0.4, -0.2) is 17.4 Å². The molecule has 0 spiro atoms. The Morgan fingerprint density at radius 3 is 2.80 bits per heavy atom. The molecule has 1 atom stereocenters. The van der Waals surface area contributed by atoms with Gasteiger partial charge in [0, 0.05) is 6.54 Å². The van der Waals surface area contributed by atoms with Crippen molar-refractivity contribution in [1.82, 2.24) is 5.32 Å². The largest absolute Gasteiger partial charge is 0.359 e. The molecule has 1 aliphatic rings. The van der Waals surface area contributed by atoms with E-state index in [1.807, 2.05) is 30.3 Å². The lowest BCUT2D eigenvalue weighted by atomic mass is 9.97. The van der Waals surface area contributed by atoms with Crippen molar-refractivity contribution in [3.8, 4) is 6.07 Å². The molecule has 1 aromatic rings. The first-order valence-electron chi connectivity index (χ1n) is 4.62. The number of thiocarbonyl (C=S) groups is 1. The highest BCUT2D eigenvalue weighted by Crippen LogP contribution is 2.12. The first-order valence-corrected chi connectivity index (χ1v) is 5.03. The van der Waals surface area contributed by atoms with Crippen molar-refractivity contribution in [2.75, 3.05) is 6.54 Å². The van der Waals surface area contributed by atoms with Crippen LogP contribution < -0.4 is 5.32 Å². The molecule has 0 saturated heterocycles.